The molecule has 184 valence electrons. The maximum Gasteiger partial charge on any atom is 0.347 e. The van der Waals surface area contributed by atoms with Gasteiger partial charge in [-0.05, 0) is 50.5 Å². The summed E-state index contributed by atoms with van der Waals surface area (Å²) in [4.78, 5) is 27.7. The van der Waals surface area contributed by atoms with Crippen LogP contribution in [0.25, 0.3) is 32.9 Å². The first-order valence-corrected chi connectivity index (χ1v) is 11.7. The summed E-state index contributed by atoms with van der Waals surface area (Å²) >= 11 is 0. The molecular weight excluding hydrogens is 464 g/mol. The number of likely N-dealkylation sites (N-methyl/N-ethyl adjacent to an activating group) is 1. The van der Waals surface area contributed by atoms with Gasteiger partial charge in [-0.25, -0.2) is 13.6 Å². The van der Waals surface area contributed by atoms with Gasteiger partial charge in [0.2, 0.25) is 0 Å². The lowest BCUT2D eigenvalue weighted by atomic mass is 9.96. The molecule has 1 atom stereocenters. The minimum absolute atomic E-state index is 0.0594. The quantitative estimate of drug-likeness (QED) is 0.423. The number of aromatic hydroxyl groups is 1. The van der Waals surface area contributed by atoms with E-state index in [0.29, 0.717) is 29.7 Å². The van der Waals surface area contributed by atoms with Crippen LogP contribution in [0.15, 0.2) is 35.3 Å². The molecule has 0 saturated carbocycles. The highest BCUT2D eigenvalue weighted by Gasteiger charge is 2.25. The number of nitrogens with zero attached hydrogens (tertiary/aromatic N) is 4. The molecule has 36 heavy (non-hydrogen) atoms. The molecule has 1 unspecified atom stereocenters. The molecule has 0 aliphatic carbocycles. The Morgan fingerprint density at radius 3 is 2.81 bits per heavy atom. The van der Waals surface area contributed by atoms with Gasteiger partial charge in [0, 0.05) is 36.3 Å². The fourth-order valence-electron chi connectivity index (χ4n) is 4.99. The number of H-pyrrole nitrogens is 1. The number of halogens is 2. The third kappa shape index (κ3) is 4.03. The summed E-state index contributed by atoms with van der Waals surface area (Å²) < 4.78 is 30.6. The van der Waals surface area contributed by atoms with E-state index in [4.69, 9.17) is 6.42 Å². The maximum atomic E-state index is 16.0. The minimum atomic E-state index is -0.814. The topological polar surface area (TPSA) is 85.3 Å². The molecule has 1 aliphatic rings. The van der Waals surface area contributed by atoms with Crippen molar-refractivity contribution in [2.75, 3.05) is 32.1 Å². The van der Waals surface area contributed by atoms with Crippen LogP contribution in [0.2, 0.25) is 0 Å². The Hall–Kier alpha value is -4.03. The van der Waals surface area contributed by atoms with Crippen molar-refractivity contribution in [1.82, 2.24) is 19.9 Å². The molecule has 0 spiro atoms. The molecule has 9 heteroatoms. The molecular formula is C27H25F2N5O2. The van der Waals surface area contributed by atoms with Crippen molar-refractivity contribution in [3.8, 4) is 29.4 Å². The van der Waals surface area contributed by atoms with Gasteiger partial charge in [0.05, 0.1) is 16.5 Å². The zero-order valence-corrected chi connectivity index (χ0v) is 20.0. The van der Waals surface area contributed by atoms with Gasteiger partial charge in [-0.1, -0.05) is 18.4 Å². The highest BCUT2D eigenvalue weighted by atomic mass is 19.1. The second kappa shape index (κ2) is 9.21. The normalized spacial score (nSPS) is 16.4. The molecule has 4 aromatic rings. The Bertz CT molecular complexity index is 1590. The van der Waals surface area contributed by atoms with Crippen molar-refractivity contribution < 1.29 is 13.9 Å². The smallest absolute Gasteiger partial charge is 0.347 e. The molecule has 0 radical (unpaired) electrons. The standard InChI is InChI=1S/C27H25F2N5O2/c1-4-18-21(28)9-8-15-11-17(35)12-19(22(15)18)24-23(29)25-20(13-30-24)26(32-27(36)31-25)34-10-6-5-7-16(14-34)33(2)3/h1,8-9,11-13,16,35H,5-7,10,14H2,2-3H3,(H,31,32,36). The number of fused-ring (bicyclic) bond motifs is 2. The van der Waals surface area contributed by atoms with Crippen molar-refractivity contribution in [3.63, 3.8) is 0 Å². The Morgan fingerprint density at radius 2 is 2.06 bits per heavy atom. The number of phenols is 1. The lowest BCUT2D eigenvalue weighted by Gasteiger charge is -2.29. The van der Waals surface area contributed by atoms with Crippen molar-refractivity contribution >= 4 is 27.5 Å². The lowest BCUT2D eigenvalue weighted by molar-refractivity contribution is 0.285. The average Bonchev–Trinajstić information content (AvgIpc) is 3.11. The van der Waals surface area contributed by atoms with Gasteiger partial charge in [0.15, 0.2) is 5.82 Å². The Morgan fingerprint density at radius 1 is 1.25 bits per heavy atom. The van der Waals surface area contributed by atoms with Gasteiger partial charge in [0.1, 0.15) is 23.1 Å². The summed E-state index contributed by atoms with van der Waals surface area (Å²) in [6.45, 7) is 1.32. The first-order chi connectivity index (χ1) is 17.3. The van der Waals surface area contributed by atoms with Gasteiger partial charge in [-0.3, -0.25) is 4.98 Å². The van der Waals surface area contributed by atoms with E-state index < -0.39 is 17.3 Å². The summed E-state index contributed by atoms with van der Waals surface area (Å²) in [5, 5.41) is 11.3. The molecule has 2 aromatic heterocycles. The number of pyridine rings is 1. The van der Waals surface area contributed by atoms with Gasteiger partial charge < -0.3 is 19.9 Å². The lowest BCUT2D eigenvalue weighted by Crippen LogP contribution is -2.40. The summed E-state index contributed by atoms with van der Waals surface area (Å²) in [6, 6.07) is 5.62. The first-order valence-electron chi connectivity index (χ1n) is 11.7. The summed E-state index contributed by atoms with van der Waals surface area (Å²) in [7, 11) is 4.02. The SMILES string of the molecule is C#Cc1c(F)ccc2cc(O)cc(-c3ncc4c(N5CCCCC(N(C)C)C5)nc(=O)[nH]c4c3F)c12. The molecule has 1 fully saturated rings. The second-order valence-electron chi connectivity index (χ2n) is 9.29. The third-order valence-corrected chi connectivity index (χ3v) is 6.83. The van der Waals surface area contributed by atoms with Crippen molar-refractivity contribution in [2.45, 2.75) is 25.3 Å². The monoisotopic (exact) mass is 489 g/mol. The molecule has 1 aliphatic heterocycles. The average molecular weight is 490 g/mol. The second-order valence-corrected chi connectivity index (χ2v) is 9.29. The molecule has 0 amide bonds. The van der Waals surface area contributed by atoms with Crippen LogP contribution in [0.5, 0.6) is 5.75 Å². The summed E-state index contributed by atoms with van der Waals surface area (Å²) in [5.74, 6) is 1.08. The van der Waals surface area contributed by atoms with Crippen LogP contribution in [0.1, 0.15) is 24.8 Å². The summed E-state index contributed by atoms with van der Waals surface area (Å²) in [6.07, 6.45) is 9.99. The van der Waals surface area contributed by atoms with Crippen LogP contribution in [0.4, 0.5) is 14.6 Å². The zero-order valence-electron chi connectivity index (χ0n) is 20.0. The predicted octanol–water partition coefficient (Wildman–Crippen LogP) is 4.02. The fraction of sp³-hybridized carbons (Fsp3) is 0.296. The van der Waals surface area contributed by atoms with Crippen molar-refractivity contribution in [1.29, 1.82) is 0 Å². The number of phenolic OH excluding ortho intramolecular Hbond substituents is 1. The van der Waals surface area contributed by atoms with E-state index in [1.165, 1.54) is 30.5 Å². The van der Waals surface area contributed by atoms with Crippen LogP contribution >= 0.6 is 0 Å². The maximum absolute atomic E-state index is 16.0. The van der Waals surface area contributed by atoms with Crippen LogP contribution in [-0.4, -0.2) is 58.2 Å². The first kappa shape index (κ1) is 23.7. The van der Waals surface area contributed by atoms with Gasteiger partial charge >= 0.3 is 5.69 Å². The molecule has 2 aromatic carbocycles. The highest BCUT2D eigenvalue weighted by Crippen LogP contribution is 2.38. The number of anilines is 1. The number of aromatic amines is 1. The van der Waals surface area contributed by atoms with Crippen LogP contribution < -0.4 is 10.6 Å². The van der Waals surface area contributed by atoms with E-state index in [2.05, 4.69) is 25.8 Å². The van der Waals surface area contributed by atoms with Gasteiger partial charge in [-0.15, -0.1) is 6.42 Å². The Balaban J connectivity index is 1.74. The van der Waals surface area contributed by atoms with E-state index in [-0.39, 0.29) is 39.5 Å². The number of benzene rings is 2. The number of nitrogens with one attached hydrogen (secondary N) is 1. The van der Waals surface area contributed by atoms with E-state index in [1.54, 1.807) is 0 Å². The zero-order chi connectivity index (χ0) is 25.6. The van der Waals surface area contributed by atoms with E-state index in [9.17, 15) is 14.3 Å². The van der Waals surface area contributed by atoms with E-state index >= 15 is 4.39 Å². The largest absolute Gasteiger partial charge is 0.508 e. The number of rotatable bonds is 3. The Labute approximate surface area is 206 Å². The van der Waals surface area contributed by atoms with Crippen molar-refractivity contribution in [2.24, 2.45) is 0 Å². The van der Waals surface area contributed by atoms with E-state index in [1.807, 2.05) is 19.0 Å². The minimum Gasteiger partial charge on any atom is -0.508 e. The number of hydrogen-bond acceptors (Lipinski definition) is 6. The highest BCUT2D eigenvalue weighted by molar-refractivity contribution is 6.02. The molecule has 0 bridgehead atoms. The Kier molecular flexibility index (Phi) is 6.06. The number of hydrogen-bond donors (Lipinski definition) is 2. The van der Waals surface area contributed by atoms with Crippen LogP contribution in [0.3, 0.4) is 0 Å². The molecule has 1 saturated heterocycles. The van der Waals surface area contributed by atoms with Gasteiger partial charge in [0.25, 0.3) is 0 Å². The fourth-order valence-corrected chi connectivity index (χ4v) is 4.99. The van der Waals surface area contributed by atoms with E-state index in [0.717, 1.165) is 19.3 Å². The molecule has 7 nitrogen and oxygen atoms in total. The number of aromatic nitrogens is 3. The van der Waals surface area contributed by atoms with Crippen LogP contribution in [0, 0.1) is 24.0 Å². The predicted molar refractivity (Wildman–Crippen MR) is 136 cm³/mol. The molecule has 3 heterocycles. The van der Waals surface area contributed by atoms with Crippen LogP contribution in [-0.2, 0) is 0 Å². The third-order valence-electron chi connectivity index (χ3n) is 6.83. The van der Waals surface area contributed by atoms with Crippen molar-refractivity contribution in [3.05, 3.63) is 58.1 Å². The summed E-state index contributed by atoms with van der Waals surface area (Å²) in [5.41, 5.74) is -0.850. The number of terminal acetylenes is 1. The van der Waals surface area contributed by atoms with Gasteiger partial charge in [-0.2, -0.15) is 4.98 Å². The molecule has 5 rings (SSSR count). The molecule has 2 N–H and O–H groups in total.